The molecule has 1 atom stereocenters. The minimum Gasteiger partial charge on any atom is -0.493 e. The van der Waals surface area contributed by atoms with E-state index in [-0.39, 0.29) is 11.9 Å². The van der Waals surface area contributed by atoms with Crippen molar-refractivity contribution in [3.05, 3.63) is 34.2 Å². The monoisotopic (exact) mass is 241 g/mol. The molecule has 16 heavy (non-hydrogen) atoms. The van der Waals surface area contributed by atoms with Gasteiger partial charge in [-0.15, -0.1) is 11.6 Å². The van der Waals surface area contributed by atoms with Gasteiger partial charge in [-0.25, -0.2) is 0 Å². The second-order valence-electron chi connectivity index (χ2n) is 3.00. The van der Waals surface area contributed by atoms with E-state index in [0.29, 0.717) is 11.5 Å². The molecule has 5 nitrogen and oxygen atoms in total. The van der Waals surface area contributed by atoms with Crippen molar-refractivity contribution >= 4 is 11.6 Å². The highest BCUT2D eigenvalue weighted by atomic mass is 35.5. The molecular weight excluding hydrogens is 230 g/mol. The largest absolute Gasteiger partial charge is 0.493 e. The summed E-state index contributed by atoms with van der Waals surface area (Å²) in [6.07, 6.45) is 0. The minimum atomic E-state index is -0.365. The number of benzene rings is 1. The lowest BCUT2D eigenvalue weighted by Gasteiger charge is -2.11. The maximum absolute atomic E-state index is 8.20. The Morgan fingerprint density at radius 3 is 2.62 bits per heavy atom. The van der Waals surface area contributed by atoms with Crippen LogP contribution in [-0.4, -0.2) is 20.8 Å². The molecule has 1 rings (SSSR count). The van der Waals surface area contributed by atoms with Crippen LogP contribution in [-0.2, 0) is 0 Å². The van der Waals surface area contributed by atoms with Crippen molar-refractivity contribution in [1.29, 1.82) is 0 Å². The fraction of sp³-hybridized carbons (Fsp3) is 0.400. The maximum Gasteiger partial charge on any atom is 0.161 e. The molecule has 6 heteroatoms. The Kier molecular flexibility index (Phi) is 4.76. The first-order valence-corrected chi connectivity index (χ1v) is 5.03. The normalized spacial score (nSPS) is 11.4. The third-order valence-electron chi connectivity index (χ3n) is 2.07. The molecule has 0 heterocycles. The first-order chi connectivity index (χ1) is 7.72. The Balaban J connectivity index is 2.93. The Morgan fingerprint density at radius 1 is 1.38 bits per heavy atom. The molecule has 1 aromatic rings. The minimum absolute atomic E-state index is 0.202. The summed E-state index contributed by atoms with van der Waals surface area (Å²) in [4.78, 5) is 2.66. The Bertz CT molecular complexity index is 405. The van der Waals surface area contributed by atoms with Crippen LogP contribution in [0.15, 0.2) is 23.3 Å². The van der Waals surface area contributed by atoms with Crippen LogP contribution in [0.3, 0.4) is 0 Å². The van der Waals surface area contributed by atoms with Crippen molar-refractivity contribution in [2.45, 2.75) is 5.38 Å². The van der Waals surface area contributed by atoms with Crippen LogP contribution in [0.2, 0.25) is 0 Å². The van der Waals surface area contributed by atoms with Crippen molar-refractivity contribution in [2.24, 2.45) is 5.11 Å². The van der Waals surface area contributed by atoms with Crippen LogP contribution in [0.4, 0.5) is 0 Å². The van der Waals surface area contributed by atoms with E-state index in [0.717, 1.165) is 5.56 Å². The van der Waals surface area contributed by atoms with Crippen LogP contribution in [0.25, 0.3) is 10.4 Å². The first-order valence-electron chi connectivity index (χ1n) is 4.59. The number of alkyl halides is 1. The third kappa shape index (κ3) is 2.95. The van der Waals surface area contributed by atoms with E-state index in [9.17, 15) is 0 Å². The zero-order valence-corrected chi connectivity index (χ0v) is 9.81. The van der Waals surface area contributed by atoms with E-state index >= 15 is 0 Å². The molecule has 0 fully saturated rings. The van der Waals surface area contributed by atoms with E-state index in [1.807, 2.05) is 6.07 Å². The quantitative estimate of drug-likeness (QED) is 0.344. The van der Waals surface area contributed by atoms with Gasteiger partial charge in [-0.1, -0.05) is 11.2 Å². The van der Waals surface area contributed by atoms with Gasteiger partial charge in [0.05, 0.1) is 19.6 Å². The molecule has 0 saturated heterocycles. The number of azide groups is 1. The standard InChI is InChI=1S/C10H12ClN3O2/c1-15-9-4-3-7(5-10(9)16-2)8(11)6-13-14-12/h3-5,8H,6H2,1-2H3. The molecule has 0 spiro atoms. The third-order valence-corrected chi connectivity index (χ3v) is 2.46. The number of rotatable bonds is 5. The van der Waals surface area contributed by atoms with Crippen molar-refractivity contribution in [2.75, 3.05) is 20.8 Å². The summed E-state index contributed by atoms with van der Waals surface area (Å²) in [6, 6.07) is 5.34. The van der Waals surface area contributed by atoms with Gasteiger partial charge < -0.3 is 9.47 Å². The second kappa shape index (κ2) is 6.10. The van der Waals surface area contributed by atoms with E-state index in [1.165, 1.54) is 0 Å². The average Bonchev–Trinajstić information content (AvgIpc) is 2.34. The summed E-state index contributed by atoms with van der Waals surface area (Å²) in [7, 11) is 3.12. The Hall–Kier alpha value is -1.58. The number of hydrogen-bond donors (Lipinski definition) is 0. The van der Waals surface area contributed by atoms with Gasteiger partial charge in [0.15, 0.2) is 11.5 Å². The highest BCUT2D eigenvalue weighted by Crippen LogP contribution is 2.32. The lowest BCUT2D eigenvalue weighted by molar-refractivity contribution is 0.354. The molecule has 86 valence electrons. The summed E-state index contributed by atoms with van der Waals surface area (Å²) >= 11 is 6.05. The van der Waals surface area contributed by atoms with Gasteiger partial charge in [0.25, 0.3) is 0 Å². The van der Waals surface area contributed by atoms with Crippen LogP contribution < -0.4 is 9.47 Å². The smallest absolute Gasteiger partial charge is 0.161 e. The van der Waals surface area contributed by atoms with Crippen molar-refractivity contribution in [1.82, 2.24) is 0 Å². The Labute approximate surface area is 98.6 Å². The van der Waals surface area contributed by atoms with E-state index < -0.39 is 0 Å². The Morgan fingerprint density at radius 2 is 2.06 bits per heavy atom. The molecule has 0 amide bonds. The fourth-order valence-corrected chi connectivity index (χ4v) is 1.46. The second-order valence-corrected chi connectivity index (χ2v) is 3.52. The lowest BCUT2D eigenvalue weighted by Crippen LogP contribution is -1.97. The van der Waals surface area contributed by atoms with Gasteiger partial charge >= 0.3 is 0 Å². The van der Waals surface area contributed by atoms with Gasteiger partial charge in [-0.3, -0.25) is 0 Å². The lowest BCUT2D eigenvalue weighted by atomic mass is 10.1. The van der Waals surface area contributed by atoms with Gasteiger partial charge in [0.2, 0.25) is 0 Å². The number of halogens is 1. The zero-order chi connectivity index (χ0) is 12.0. The molecular formula is C10H12ClN3O2. The molecule has 1 aromatic carbocycles. The highest BCUT2D eigenvalue weighted by molar-refractivity contribution is 6.21. The van der Waals surface area contributed by atoms with E-state index in [1.54, 1.807) is 26.4 Å². The number of methoxy groups -OCH3 is 2. The van der Waals surface area contributed by atoms with Crippen molar-refractivity contribution in [3.8, 4) is 11.5 Å². The van der Waals surface area contributed by atoms with Crippen molar-refractivity contribution in [3.63, 3.8) is 0 Å². The van der Waals surface area contributed by atoms with Crippen molar-refractivity contribution < 1.29 is 9.47 Å². The number of ether oxygens (including phenoxy) is 2. The maximum atomic E-state index is 8.20. The fourth-order valence-electron chi connectivity index (χ4n) is 1.26. The van der Waals surface area contributed by atoms with E-state index in [4.69, 9.17) is 26.6 Å². The predicted octanol–water partition coefficient (Wildman–Crippen LogP) is 3.29. The summed E-state index contributed by atoms with van der Waals surface area (Å²) in [5, 5.41) is 3.06. The average molecular weight is 242 g/mol. The molecule has 0 bridgehead atoms. The van der Waals surface area contributed by atoms with Crippen LogP contribution in [0, 0.1) is 0 Å². The highest BCUT2D eigenvalue weighted by Gasteiger charge is 2.10. The summed E-state index contributed by atoms with van der Waals surface area (Å²) in [5.41, 5.74) is 9.03. The summed E-state index contributed by atoms with van der Waals surface area (Å²) in [5.74, 6) is 1.24. The number of nitrogens with zero attached hydrogens (tertiary/aromatic N) is 3. The van der Waals surface area contributed by atoms with Gasteiger partial charge in [0.1, 0.15) is 0 Å². The summed E-state index contributed by atoms with van der Waals surface area (Å²) < 4.78 is 10.2. The summed E-state index contributed by atoms with van der Waals surface area (Å²) in [6.45, 7) is 0.202. The predicted molar refractivity (Wildman–Crippen MR) is 62.2 cm³/mol. The topological polar surface area (TPSA) is 67.2 Å². The SMILES string of the molecule is COc1ccc(C(Cl)CN=[N+]=[N-])cc1OC. The molecule has 0 radical (unpaired) electrons. The van der Waals surface area contributed by atoms with Gasteiger partial charge in [-0.05, 0) is 23.2 Å². The van der Waals surface area contributed by atoms with E-state index in [2.05, 4.69) is 10.0 Å². The van der Waals surface area contributed by atoms with Gasteiger partial charge in [-0.2, -0.15) is 0 Å². The first kappa shape index (κ1) is 12.5. The van der Waals surface area contributed by atoms with Gasteiger partial charge in [0, 0.05) is 11.5 Å². The number of hydrogen-bond acceptors (Lipinski definition) is 3. The molecule has 0 aromatic heterocycles. The van der Waals surface area contributed by atoms with Crippen LogP contribution >= 0.6 is 11.6 Å². The molecule has 0 aliphatic carbocycles. The molecule has 1 unspecified atom stereocenters. The van der Waals surface area contributed by atoms with Crippen LogP contribution in [0.1, 0.15) is 10.9 Å². The van der Waals surface area contributed by atoms with Crippen LogP contribution in [0.5, 0.6) is 11.5 Å². The molecule has 0 saturated carbocycles. The molecule has 0 aliphatic heterocycles. The zero-order valence-electron chi connectivity index (χ0n) is 9.05. The molecule has 0 N–H and O–H groups in total. The molecule has 0 aliphatic rings.